The van der Waals surface area contributed by atoms with Crippen molar-refractivity contribution in [3.63, 3.8) is 0 Å². The van der Waals surface area contributed by atoms with E-state index in [9.17, 15) is 8.42 Å². The Morgan fingerprint density at radius 3 is 2.15 bits per heavy atom. The van der Waals surface area contributed by atoms with E-state index in [1.807, 2.05) is 38.1 Å². The molecule has 0 fully saturated rings. The number of rotatable bonds is 11. The highest BCUT2D eigenvalue weighted by atomic mass is 32.2. The van der Waals surface area contributed by atoms with E-state index in [0.717, 1.165) is 5.56 Å². The summed E-state index contributed by atoms with van der Waals surface area (Å²) < 4.78 is 46.1. The van der Waals surface area contributed by atoms with Crippen molar-refractivity contribution in [2.45, 2.75) is 31.0 Å². The third-order valence-corrected chi connectivity index (χ3v) is 8.45. The minimum Gasteiger partial charge on any atom is -0.494 e. The van der Waals surface area contributed by atoms with Crippen LogP contribution in [0, 0.1) is 6.92 Å². The molecule has 12 nitrogen and oxygen atoms in total. The van der Waals surface area contributed by atoms with Crippen LogP contribution in [-0.2, 0) is 20.3 Å². The number of pyridine rings is 1. The lowest BCUT2D eigenvalue weighted by Gasteiger charge is -2.22. The highest BCUT2D eigenvalue weighted by Crippen LogP contribution is 2.37. The van der Waals surface area contributed by atoms with Gasteiger partial charge in [0.15, 0.2) is 27.3 Å². The van der Waals surface area contributed by atoms with Gasteiger partial charge in [-0.25, -0.2) is 23.4 Å². The zero-order valence-corrected chi connectivity index (χ0v) is 24.4. The Balaban J connectivity index is 1.86. The lowest BCUT2D eigenvalue weighted by molar-refractivity contribution is 0.0947. The van der Waals surface area contributed by atoms with Crippen molar-refractivity contribution in [3.05, 3.63) is 66.0 Å². The Kier molecular flexibility index (Phi) is 8.64. The van der Waals surface area contributed by atoms with Gasteiger partial charge in [0.25, 0.3) is 0 Å². The first-order valence-electron chi connectivity index (χ1n) is 12.4. The van der Waals surface area contributed by atoms with Gasteiger partial charge in [-0.1, -0.05) is 12.1 Å². The molecular formula is C27H33N7O5S. The van der Waals surface area contributed by atoms with Gasteiger partial charge in [0.2, 0.25) is 0 Å². The van der Waals surface area contributed by atoms with Crippen LogP contribution in [-0.4, -0.2) is 78.8 Å². The number of hydrogen-bond donors (Lipinski definition) is 0. The van der Waals surface area contributed by atoms with Crippen molar-refractivity contribution in [1.29, 1.82) is 0 Å². The predicted molar refractivity (Wildman–Crippen MR) is 151 cm³/mol. The van der Waals surface area contributed by atoms with E-state index in [1.165, 1.54) is 21.3 Å². The third-order valence-electron chi connectivity index (χ3n) is 6.41. The fourth-order valence-electron chi connectivity index (χ4n) is 4.22. The van der Waals surface area contributed by atoms with Crippen LogP contribution >= 0.6 is 0 Å². The molecule has 0 saturated heterocycles. The Hall–Kier alpha value is -4.10. The maximum atomic E-state index is 13.8. The van der Waals surface area contributed by atoms with Gasteiger partial charge < -0.3 is 19.1 Å². The molecule has 0 amide bonds. The second kappa shape index (κ2) is 12.0. The SMILES string of the molecule is COc1cccc(OC)c1-n1c(CS(=O)(=O)[C@@H](C)[C@H](OC)c2ncc(C)cn2)nnc1-c1cccc(N(C)C)n1. The average Bonchev–Trinajstić information content (AvgIpc) is 3.36. The van der Waals surface area contributed by atoms with Crippen LogP contribution in [0.25, 0.3) is 17.2 Å². The molecule has 2 atom stereocenters. The molecule has 0 unspecified atom stereocenters. The second-order valence-corrected chi connectivity index (χ2v) is 11.7. The van der Waals surface area contributed by atoms with E-state index in [-0.39, 0.29) is 11.6 Å². The number of para-hydroxylation sites is 1. The molecule has 4 aromatic rings. The summed E-state index contributed by atoms with van der Waals surface area (Å²) in [6.07, 6.45) is 2.36. The fourth-order valence-corrected chi connectivity index (χ4v) is 5.64. The van der Waals surface area contributed by atoms with Crippen LogP contribution in [0.1, 0.15) is 30.2 Å². The minimum absolute atomic E-state index is 0.154. The molecule has 3 aromatic heterocycles. The van der Waals surface area contributed by atoms with E-state index in [4.69, 9.17) is 19.2 Å². The molecule has 0 aliphatic rings. The zero-order valence-electron chi connectivity index (χ0n) is 23.6. The summed E-state index contributed by atoms with van der Waals surface area (Å²) in [5.74, 6) is 1.89. The van der Waals surface area contributed by atoms with Crippen molar-refractivity contribution in [2.75, 3.05) is 40.3 Å². The maximum Gasteiger partial charge on any atom is 0.187 e. The summed E-state index contributed by atoms with van der Waals surface area (Å²) in [6, 6.07) is 10.8. The number of sulfone groups is 1. The standard InChI is InChI=1S/C27H33N7O5S/c1-17-14-28-26(29-15-17)25(39-7)18(2)40(35,36)16-23-31-32-27(19-10-8-13-22(30-19)33(3)4)34(23)24-20(37-5)11-9-12-21(24)38-6/h8-15,18,25H,16H2,1-7H3/t18-,25-/m0/s1. The van der Waals surface area contributed by atoms with Crippen LogP contribution < -0.4 is 14.4 Å². The van der Waals surface area contributed by atoms with Gasteiger partial charge in [-0.2, -0.15) is 0 Å². The first-order valence-corrected chi connectivity index (χ1v) is 14.2. The Morgan fingerprint density at radius 1 is 0.950 bits per heavy atom. The molecule has 0 radical (unpaired) electrons. The number of methoxy groups -OCH3 is 3. The number of hydrogen-bond acceptors (Lipinski definition) is 11. The molecule has 1 aromatic carbocycles. The van der Waals surface area contributed by atoms with Crippen molar-refractivity contribution in [1.82, 2.24) is 29.7 Å². The van der Waals surface area contributed by atoms with Crippen LogP contribution in [0.15, 0.2) is 48.8 Å². The Morgan fingerprint density at radius 2 is 1.57 bits per heavy atom. The number of anilines is 1. The summed E-state index contributed by atoms with van der Waals surface area (Å²) in [6.45, 7) is 3.42. The number of ether oxygens (including phenoxy) is 3. The van der Waals surface area contributed by atoms with Gasteiger partial charge in [0, 0.05) is 33.6 Å². The molecule has 212 valence electrons. The molecule has 40 heavy (non-hydrogen) atoms. The molecule has 3 heterocycles. The molecule has 0 spiro atoms. The zero-order chi connectivity index (χ0) is 29.0. The molecule has 13 heteroatoms. The summed E-state index contributed by atoms with van der Waals surface area (Å²) in [7, 11) is 4.36. The van der Waals surface area contributed by atoms with Crippen molar-refractivity contribution >= 4 is 15.7 Å². The molecule has 0 N–H and O–H groups in total. The maximum absolute atomic E-state index is 13.8. The number of aryl methyl sites for hydroxylation is 1. The van der Waals surface area contributed by atoms with Gasteiger partial charge in [0.1, 0.15) is 40.6 Å². The lowest BCUT2D eigenvalue weighted by Crippen LogP contribution is -2.30. The summed E-state index contributed by atoms with van der Waals surface area (Å²) in [5.41, 5.74) is 1.80. The average molecular weight is 568 g/mol. The summed E-state index contributed by atoms with van der Waals surface area (Å²) in [5, 5.41) is 7.72. The Bertz CT molecular complexity index is 1550. The quantitative estimate of drug-likeness (QED) is 0.264. The summed E-state index contributed by atoms with van der Waals surface area (Å²) in [4.78, 5) is 15.1. The molecule has 0 saturated carbocycles. The fraction of sp³-hybridized carbons (Fsp3) is 0.370. The van der Waals surface area contributed by atoms with Crippen molar-refractivity contribution in [3.8, 4) is 28.7 Å². The number of benzene rings is 1. The van der Waals surface area contributed by atoms with Crippen LogP contribution in [0.4, 0.5) is 5.82 Å². The largest absolute Gasteiger partial charge is 0.494 e. The summed E-state index contributed by atoms with van der Waals surface area (Å²) >= 11 is 0. The molecule has 0 bridgehead atoms. The number of aromatic nitrogens is 6. The molecular weight excluding hydrogens is 534 g/mol. The van der Waals surface area contributed by atoms with Gasteiger partial charge >= 0.3 is 0 Å². The molecule has 4 rings (SSSR count). The molecule has 0 aliphatic carbocycles. The van der Waals surface area contributed by atoms with Gasteiger partial charge in [-0.05, 0) is 43.7 Å². The van der Waals surface area contributed by atoms with E-state index < -0.39 is 26.9 Å². The first kappa shape index (κ1) is 28.9. The van der Waals surface area contributed by atoms with Gasteiger partial charge in [0.05, 0.1) is 19.5 Å². The highest BCUT2D eigenvalue weighted by Gasteiger charge is 2.35. The lowest BCUT2D eigenvalue weighted by atomic mass is 10.2. The smallest absolute Gasteiger partial charge is 0.187 e. The predicted octanol–water partition coefficient (Wildman–Crippen LogP) is 3.20. The van der Waals surface area contributed by atoms with Crippen LogP contribution in [0.3, 0.4) is 0 Å². The normalized spacial score (nSPS) is 13.1. The van der Waals surface area contributed by atoms with Crippen molar-refractivity contribution in [2.24, 2.45) is 0 Å². The van der Waals surface area contributed by atoms with Crippen molar-refractivity contribution < 1.29 is 22.6 Å². The van der Waals surface area contributed by atoms with Crippen LogP contribution in [0.2, 0.25) is 0 Å². The Labute approximate surface area is 233 Å². The van der Waals surface area contributed by atoms with E-state index in [1.54, 1.807) is 48.1 Å². The third kappa shape index (κ3) is 5.75. The van der Waals surface area contributed by atoms with Crippen LogP contribution in [0.5, 0.6) is 11.5 Å². The molecule has 0 aliphatic heterocycles. The van der Waals surface area contributed by atoms with Gasteiger partial charge in [-0.15, -0.1) is 10.2 Å². The topological polar surface area (TPSA) is 134 Å². The minimum atomic E-state index is -3.88. The first-order chi connectivity index (χ1) is 19.1. The van der Waals surface area contributed by atoms with E-state index in [2.05, 4.69) is 20.2 Å². The highest BCUT2D eigenvalue weighted by molar-refractivity contribution is 7.91. The monoisotopic (exact) mass is 567 g/mol. The number of nitrogens with zero attached hydrogens (tertiary/aromatic N) is 7. The van der Waals surface area contributed by atoms with E-state index in [0.29, 0.717) is 34.5 Å². The van der Waals surface area contributed by atoms with Gasteiger partial charge in [-0.3, -0.25) is 4.57 Å². The van der Waals surface area contributed by atoms with E-state index >= 15 is 0 Å². The second-order valence-electron chi connectivity index (χ2n) is 9.35.